The molecule has 0 aliphatic carbocycles. The molecule has 1 aliphatic rings. The molecule has 132 valence electrons. The molecule has 1 aliphatic heterocycles. The van der Waals surface area contributed by atoms with Crippen molar-refractivity contribution in [3.8, 4) is 5.88 Å². The highest BCUT2D eigenvalue weighted by Gasteiger charge is 2.28. The molecule has 3 rings (SSSR count). The molecule has 2 heterocycles. The van der Waals surface area contributed by atoms with Crippen molar-refractivity contribution in [1.29, 1.82) is 0 Å². The lowest BCUT2D eigenvalue weighted by molar-refractivity contribution is 0.188. The minimum atomic E-state index is -0.459. The number of amides is 2. The number of likely N-dealkylation sites (tertiary alicyclic amines) is 1. The summed E-state index contributed by atoms with van der Waals surface area (Å²) in [4.78, 5) is 15.7. The number of hydrogen-bond acceptors (Lipinski definition) is 5. The lowest BCUT2D eigenvalue weighted by Crippen LogP contribution is -2.34. The Morgan fingerprint density at radius 3 is 2.76 bits per heavy atom. The van der Waals surface area contributed by atoms with Crippen molar-refractivity contribution in [2.24, 2.45) is 0 Å². The number of anilines is 2. The van der Waals surface area contributed by atoms with Crippen LogP contribution < -0.4 is 15.0 Å². The molecule has 0 bridgehead atoms. The second kappa shape index (κ2) is 7.33. The van der Waals surface area contributed by atoms with Gasteiger partial charge in [-0.25, -0.2) is 9.18 Å². The van der Waals surface area contributed by atoms with E-state index in [0.717, 1.165) is 5.82 Å². The Balaban J connectivity index is 1.54. The van der Waals surface area contributed by atoms with Crippen LogP contribution in [0.2, 0.25) is 0 Å². The van der Waals surface area contributed by atoms with Crippen LogP contribution in [0.3, 0.4) is 0 Å². The van der Waals surface area contributed by atoms with Crippen LogP contribution in [0.1, 0.15) is 6.42 Å². The normalized spacial score (nSPS) is 16.6. The van der Waals surface area contributed by atoms with Gasteiger partial charge in [0.1, 0.15) is 11.9 Å². The third kappa shape index (κ3) is 4.14. The van der Waals surface area contributed by atoms with Crippen LogP contribution in [-0.4, -0.2) is 54.4 Å². The second-order valence-electron chi connectivity index (χ2n) is 6.01. The van der Waals surface area contributed by atoms with Crippen LogP contribution in [0.5, 0.6) is 5.88 Å². The number of ether oxygens (including phenoxy) is 1. The van der Waals surface area contributed by atoms with Crippen molar-refractivity contribution in [3.05, 3.63) is 42.2 Å². The number of nitrogens with one attached hydrogen (secondary N) is 1. The largest absolute Gasteiger partial charge is 0.471 e. The fraction of sp³-hybridized carbons (Fsp3) is 0.353. The number of aromatic nitrogens is 2. The van der Waals surface area contributed by atoms with Gasteiger partial charge in [0, 0.05) is 33.1 Å². The summed E-state index contributed by atoms with van der Waals surface area (Å²) in [6, 6.07) is 9.31. The van der Waals surface area contributed by atoms with E-state index in [4.69, 9.17) is 4.74 Å². The number of halogens is 1. The summed E-state index contributed by atoms with van der Waals surface area (Å²) in [5.41, 5.74) is 0.169. The lowest BCUT2D eigenvalue weighted by atomic mass is 10.3. The molecule has 1 N–H and O–H groups in total. The predicted octanol–water partition coefficient (Wildman–Crippen LogP) is 2.37. The van der Waals surface area contributed by atoms with Gasteiger partial charge in [0.2, 0.25) is 5.88 Å². The number of carbonyl (C=O) groups excluding carboxylic acids is 1. The van der Waals surface area contributed by atoms with Crippen LogP contribution >= 0.6 is 0 Å². The fourth-order valence-electron chi connectivity index (χ4n) is 2.55. The average Bonchev–Trinajstić information content (AvgIpc) is 3.06. The molecule has 1 fully saturated rings. The van der Waals surface area contributed by atoms with E-state index in [1.54, 1.807) is 23.1 Å². The summed E-state index contributed by atoms with van der Waals surface area (Å²) in [7, 11) is 3.77. The van der Waals surface area contributed by atoms with Gasteiger partial charge in [-0.1, -0.05) is 12.1 Å². The molecule has 0 spiro atoms. The van der Waals surface area contributed by atoms with Crippen LogP contribution in [0.25, 0.3) is 0 Å². The number of nitrogens with zero attached hydrogens (tertiary/aromatic N) is 4. The number of hydrogen-bond donors (Lipinski definition) is 1. The van der Waals surface area contributed by atoms with Gasteiger partial charge in [-0.3, -0.25) is 0 Å². The van der Waals surface area contributed by atoms with E-state index >= 15 is 0 Å². The molecule has 1 atom stereocenters. The van der Waals surface area contributed by atoms with Gasteiger partial charge in [-0.2, -0.15) is 0 Å². The van der Waals surface area contributed by atoms with Crippen molar-refractivity contribution < 1.29 is 13.9 Å². The molecule has 25 heavy (non-hydrogen) atoms. The Hall–Kier alpha value is -2.90. The molecule has 8 heteroatoms. The van der Waals surface area contributed by atoms with Crippen molar-refractivity contribution in [2.75, 3.05) is 37.4 Å². The van der Waals surface area contributed by atoms with Crippen LogP contribution in [0.15, 0.2) is 36.4 Å². The van der Waals surface area contributed by atoms with Crippen LogP contribution in [0.4, 0.5) is 20.7 Å². The van der Waals surface area contributed by atoms with Crippen molar-refractivity contribution in [3.63, 3.8) is 0 Å². The number of rotatable bonds is 4. The summed E-state index contributed by atoms with van der Waals surface area (Å²) in [6.45, 7) is 0.950. The Morgan fingerprint density at radius 2 is 2.08 bits per heavy atom. The maximum atomic E-state index is 13.6. The van der Waals surface area contributed by atoms with E-state index < -0.39 is 5.82 Å². The minimum Gasteiger partial charge on any atom is -0.471 e. The third-order valence-corrected chi connectivity index (χ3v) is 3.92. The van der Waals surface area contributed by atoms with Gasteiger partial charge in [0.05, 0.1) is 12.2 Å². The highest BCUT2D eigenvalue weighted by molar-refractivity contribution is 5.89. The van der Waals surface area contributed by atoms with Crippen LogP contribution in [0, 0.1) is 5.82 Å². The van der Waals surface area contributed by atoms with Gasteiger partial charge in [0.25, 0.3) is 0 Å². The van der Waals surface area contributed by atoms with Crippen LogP contribution in [-0.2, 0) is 0 Å². The van der Waals surface area contributed by atoms with Crippen molar-refractivity contribution >= 4 is 17.5 Å². The monoisotopic (exact) mass is 345 g/mol. The molecular formula is C17H20FN5O2. The topological polar surface area (TPSA) is 70.6 Å². The number of para-hydroxylation sites is 1. The van der Waals surface area contributed by atoms with E-state index in [1.807, 2.05) is 25.1 Å². The van der Waals surface area contributed by atoms with E-state index in [2.05, 4.69) is 15.5 Å². The first-order valence-corrected chi connectivity index (χ1v) is 8.01. The fourth-order valence-corrected chi connectivity index (χ4v) is 2.55. The molecule has 1 aromatic heterocycles. The predicted molar refractivity (Wildman–Crippen MR) is 92.4 cm³/mol. The molecule has 7 nitrogen and oxygen atoms in total. The highest BCUT2D eigenvalue weighted by Crippen LogP contribution is 2.19. The number of urea groups is 1. The van der Waals surface area contributed by atoms with Gasteiger partial charge in [-0.15, -0.1) is 10.2 Å². The third-order valence-electron chi connectivity index (χ3n) is 3.92. The second-order valence-corrected chi connectivity index (χ2v) is 6.01. The summed E-state index contributed by atoms with van der Waals surface area (Å²) in [6.07, 6.45) is 0.521. The van der Waals surface area contributed by atoms with Crippen molar-refractivity contribution in [2.45, 2.75) is 12.5 Å². The first kappa shape index (κ1) is 16.9. The van der Waals surface area contributed by atoms with Gasteiger partial charge in [0.15, 0.2) is 5.82 Å². The van der Waals surface area contributed by atoms with Gasteiger partial charge < -0.3 is 19.9 Å². The molecule has 1 aromatic carbocycles. The quantitative estimate of drug-likeness (QED) is 0.921. The average molecular weight is 345 g/mol. The van der Waals surface area contributed by atoms with E-state index in [0.29, 0.717) is 25.4 Å². The van der Waals surface area contributed by atoms with E-state index in [-0.39, 0.29) is 17.8 Å². The maximum Gasteiger partial charge on any atom is 0.322 e. The maximum absolute atomic E-state index is 13.6. The summed E-state index contributed by atoms with van der Waals surface area (Å²) in [5.74, 6) is 0.704. The smallest absolute Gasteiger partial charge is 0.322 e. The molecule has 0 radical (unpaired) electrons. The number of benzene rings is 1. The molecule has 1 saturated heterocycles. The lowest BCUT2D eigenvalue weighted by Gasteiger charge is -2.18. The molecule has 2 amide bonds. The summed E-state index contributed by atoms with van der Waals surface area (Å²) >= 11 is 0. The molecule has 2 aromatic rings. The Morgan fingerprint density at radius 1 is 1.28 bits per heavy atom. The summed E-state index contributed by atoms with van der Waals surface area (Å²) in [5, 5.41) is 10.7. The van der Waals surface area contributed by atoms with E-state index in [1.165, 1.54) is 12.1 Å². The van der Waals surface area contributed by atoms with Gasteiger partial charge >= 0.3 is 6.03 Å². The highest BCUT2D eigenvalue weighted by atomic mass is 19.1. The van der Waals surface area contributed by atoms with Gasteiger partial charge in [-0.05, 0) is 18.2 Å². The summed E-state index contributed by atoms with van der Waals surface area (Å²) < 4.78 is 19.4. The first-order valence-electron chi connectivity index (χ1n) is 8.01. The standard InChI is InChI=1S/C17H20FN5O2/c1-22(2)15-7-8-16(21-20-15)25-12-9-10-23(11-12)17(24)19-14-6-4-3-5-13(14)18/h3-8,12H,9-11H2,1-2H3,(H,19,24). The zero-order valence-electron chi connectivity index (χ0n) is 14.1. The van der Waals surface area contributed by atoms with E-state index in [9.17, 15) is 9.18 Å². The first-order chi connectivity index (χ1) is 12.0. The van der Waals surface area contributed by atoms with Crippen molar-refractivity contribution in [1.82, 2.24) is 15.1 Å². The zero-order chi connectivity index (χ0) is 17.8. The Bertz CT molecular complexity index is 738. The Labute approximate surface area is 145 Å². The molecule has 0 saturated carbocycles. The molecule has 1 unspecified atom stereocenters. The molecular weight excluding hydrogens is 325 g/mol. The SMILES string of the molecule is CN(C)c1ccc(OC2CCN(C(=O)Nc3ccccc3F)C2)nn1. The number of carbonyl (C=O) groups is 1. The zero-order valence-corrected chi connectivity index (χ0v) is 14.1. The minimum absolute atomic E-state index is 0.161. The Kier molecular flexibility index (Phi) is 4.97.